The van der Waals surface area contributed by atoms with Gasteiger partial charge in [-0.2, -0.15) is 5.10 Å². The third-order valence-corrected chi connectivity index (χ3v) is 3.09. The van der Waals surface area contributed by atoms with Crippen LogP contribution in [-0.2, 0) is 13.1 Å². The zero-order valence-corrected chi connectivity index (χ0v) is 12.3. The minimum absolute atomic E-state index is 0.520. The van der Waals surface area contributed by atoms with Gasteiger partial charge in [0.05, 0.1) is 17.2 Å². The maximum Gasteiger partial charge on any atom is 0.0659 e. The van der Waals surface area contributed by atoms with Gasteiger partial charge in [-0.3, -0.25) is 4.68 Å². The molecule has 1 heterocycles. The Morgan fingerprint density at radius 2 is 1.89 bits per heavy atom. The van der Waals surface area contributed by atoms with E-state index in [0.717, 1.165) is 17.6 Å². The van der Waals surface area contributed by atoms with Gasteiger partial charge in [-0.25, -0.2) is 0 Å². The summed E-state index contributed by atoms with van der Waals surface area (Å²) >= 11 is 3.40. The highest BCUT2D eigenvalue weighted by Gasteiger charge is 1.99. The number of nitrogens with one attached hydrogen (secondary N) is 1. The normalized spacial score (nSPS) is 11.1. The first-order valence-corrected chi connectivity index (χ1v) is 6.92. The summed E-state index contributed by atoms with van der Waals surface area (Å²) in [5, 5.41) is 7.66. The van der Waals surface area contributed by atoms with Crippen LogP contribution in [0, 0.1) is 0 Å². The number of aromatic nitrogens is 2. The molecule has 0 radical (unpaired) electrons. The summed E-state index contributed by atoms with van der Waals surface area (Å²) in [6.07, 6.45) is 3.79. The van der Waals surface area contributed by atoms with Crippen LogP contribution in [-0.4, -0.2) is 15.8 Å². The molecule has 0 saturated heterocycles. The number of hydrogen-bond donors (Lipinski definition) is 1. The number of benzene rings is 1. The molecule has 0 amide bonds. The SMILES string of the molecule is CC(C)NCc1ccc(Cn2cc(Br)cn2)cc1. The summed E-state index contributed by atoms with van der Waals surface area (Å²) in [6.45, 7) is 6.04. The lowest BCUT2D eigenvalue weighted by atomic mass is 10.1. The fraction of sp³-hybridized carbons (Fsp3) is 0.357. The highest BCUT2D eigenvalue weighted by molar-refractivity contribution is 9.10. The van der Waals surface area contributed by atoms with E-state index in [1.165, 1.54) is 11.1 Å². The maximum absolute atomic E-state index is 4.25. The van der Waals surface area contributed by atoms with Crippen LogP contribution in [0.3, 0.4) is 0 Å². The lowest BCUT2D eigenvalue weighted by Gasteiger charge is -2.08. The zero-order chi connectivity index (χ0) is 13.0. The van der Waals surface area contributed by atoms with Gasteiger partial charge in [0.1, 0.15) is 0 Å². The predicted octanol–water partition coefficient (Wildman–Crippen LogP) is 3.19. The van der Waals surface area contributed by atoms with E-state index in [-0.39, 0.29) is 0 Å². The second-order valence-electron chi connectivity index (χ2n) is 4.71. The van der Waals surface area contributed by atoms with Crippen LogP contribution in [0.5, 0.6) is 0 Å². The van der Waals surface area contributed by atoms with Crippen molar-refractivity contribution in [2.75, 3.05) is 0 Å². The molecule has 0 aliphatic carbocycles. The molecule has 1 aromatic heterocycles. The molecule has 0 bridgehead atoms. The second-order valence-corrected chi connectivity index (χ2v) is 5.62. The molecule has 0 aliphatic heterocycles. The van der Waals surface area contributed by atoms with E-state index in [1.54, 1.807) is 6.20 Å². The van der Waals surface area contributed by atoms with E-state index < -0.39 is 0 Å². The first-order chi connectivity index (χ1) is 8.63. The molecule has 0 fully saturated rings. The second kappa shape index (κ2) is 6.16. The largest absolute Gasteiger partial charge is 0.310 e. The van der Waals surface area contributed by atoms with Crippen molar-refractivity contribution < 1.29 is 0 Å². The number of halogens is 1. The predicted molar refractivity (Wildman–Crippen MR) is 77.4 cm³/mol. The van der Waals surface area contributed by atoms with Gasteiger partial charge in [0.15, 0.2) is 0 Å². The van der Waals surface area contributed by atoms with Crippen LogP contribution < -0.4 is 5.32 Å². The average Bonchev–Trinajstić information content (AvgIpc) is 2.74. The third kappa shape index (κ3) is 3.96. The average molecular weight is 308 g/mol. The smallest absolute Gasteiger partial charge is 0.0659 e. The number of hydrogen-bond acceptors (Lipinski definition) is 2. The van der Waals surface area contributed by atoms with E-state index >= 15 is 0 Å². The van der Waals surface area contributed by atoms with Gasteiger partial charge >= 0.3 is 0 Å². The molecule has 96 valence electrons. The Balaban J connectivity index is 1.95. The molecular weight excluding hydrogens is 290 g/mol. The molecule has 0 unspecified atom stereocenters. The van der Waals surface area contributed by atoms with E-state index in [9.17, 15) is 0 Å². The van der Waals surface area contributed by atoms with E-state index in [0.29, 0.717) is 6.04 Å². The molecule has 4 heteroatoms. The van der Waals surface area contributed by atoms with Crippen LogP contribution in [0.1, 0.15) is 25.0 Å². The van der Waals surface area contributed by atoms with Crippen molar-refractivity contribution >= 4 is 15.9 Å². The fourth-order valence-corrected chi connectivity index (χ4v) is 2.02. The monoisotopic (exact) mass is 307 g/mol. The molecule has 18 heavy (non-hydrogen) atoms. The summed E-state index contributed by atoms with van der Waals surface area (Å²) in [4.78, 5) is 0. The Labute approximate surface area is 116 Å². The molecule has 0 saturated carbocycles. The zero-order valence-electron chi connectivity index (χ0n) is 10.7. The van der Waals surface area contributed by atoms with E-state index in [4.69, 9.17) is 0 Å². The van der Waals surface area contributed by atoms with Crippen molar-refractivity contribution in [3.8, 4) is 0 Å². The van der Waals surface area contributed by atoms with Gasteiger partial charge < -0.3 is 5.32 Å². The molecule has 2 rings (SSSR count). The minimum atomic E-state index is 0.520. The molecule has 3 nitrogen and oxygen atoms in total. The Morgan fingerprint density at radius 3 is 2.44 bits per heavy atom. The standard InChI is InChI=1S/C14H18BrN3/c1-11(2)16-7-12-3-5-13(6-4-12)9-18-10-14(15)8-17-18/h3-6,8,10-11,16H,7,9H2,1-2H3. The van der Waals surface area contributed by atoms with Crippen LogP contribution in [0.15, 0.2) is 41.1 Å². The molecule has 1 N–H and O–H groups in total. The first kappa shape index (κ1) is 13.3. The highest BCUT2D eigenvalue weighted by atomic mass is 79.9. The maximum atomic E-state index is 4.25. The number of nitrogens with zero attached hydrogens (tertiary/aromatic N) is 2. The summed E-state index contributed by atoms with van der Waals surface area (Å²) < 4.78 is 2.94. The lowest BCUT2D eigenvalue weighted by Crippen LogP contribution is -2.21. The third-order valence-electron chi connectivity index (χ3n) is 2.68. The van der Waals surface area contributed by atoms with Gasteiger partial charge in [0, 0.05) is 18.8 Å². The lowest BCUT2D eigenvalue weighted by molar-refractivity contribution is 0.588. The molecule has 2 aromatic rings. The van der Waals surface area contributed by atoms with Crippen molar-refractivity contribution in [2.45, 2.75) is 33.0 Å². The summed E-state index contributed by atoms with van der Waals surface area (Å²) in [5.74, 6) is 0. The topological polar surface area (TPSA) is 29.9 Å². The summed E-state index contributed by atoms with van der Waals surface area (Å²) in [7, 11) is 0. The molecule has 0 atom stereocenters. The van der Waals surface area contributed by atoms with Gasteiger partial charge in [-0.05, 0) is 27.1 Å². The summed E-state index contributed by atoms with van der Waals surface area (Å²) in [5.41, 5.74) is 2.58. The Morgan fingerprint density at radius 1 is 1.22 bits per heavy atom. The Kier molecular flexibility index (Phi) is 4.55. The van der Waals surface area contributed by atoms with Crippen LogP contribution >= 0.6 is 15.9 Å². The van der Waals surface area contributed by atoms with Crippen LogP contribution in [0.2, 0.25) is 0 Å². The molecular formula is C14H18BrN3. The number of rotatable bonds is 5. The minimum Gasteiger partial charge on any atom is -0.310 e. The van der Waals surface area contributed by atoms with Crippen molar-refractivity contribution in [1.29, 1.82) is 0 Å². The van der Waals surface area contributed by atoms with Crippen molar-refractivity contribution in [2.24, 2.45) is 0 Å². The van der Waals surface area contributed by atoms with Gasteiger partial charge in [-0.15, -0.1) is 0 Å². The molecule has 0 aliphatic rings. The van der Waals surface area contributed by atoms with Crippen molar-refractivity contribution in [1.82, 2.24) is 15.1 Å². The van der Waals surface area contributed by atoms with Crippen molar-refractivity contribution in [3.63, 3.8) is 0 Å². The quantitative estimate of drug-likeness (QED) is 0.919. The van der Waals surface area contributed by atoms with Gasteiger partial charge in [0.2, 0.25) is 0 Å². The Hall–Kier alpha value is -1.13. The molecule has 1 aromatic carbocycles. The molecule has 0 spiro atoms. The van der Waals surface area contributed by atoms with Gasteiger partial charge in [-0.1, -0.05) is 38.1 Å². The van der Waals surface area contributed by atoms with Gasteiger partial charge in [0.25, 0.3) is 0 Å². The first-order valence-electron chi connectivity index (χ1n) is 6.12. The van der Waals surface area contributed by atoms with Crippen LogP contribution in [0.25, 0.3) is 0 Å². The van der Waals surface area contributed by atoms with E-state index in [2.05, 4.69) is 64.5 Å². The summed E-state index contributed by atoms with van der Waals surface area (Å²) in [6, 6.07) is 9.18. The van der Waals surface area contributed by atoms with E-state index in [1.807, 2.05) is 10.9 Å². The Bertz CT molecular complexity index is 488. The van der Waals surface area contributed by atoms with Crippen molar-refractivity contribution in [3.05, 3.63) is 52.3 Å². The van der Waals surface area contributed by atoms with Crippen LogP contribution in [0.4, 0.5) is 0 Å². The fourth-order valence-electron chi connectivity index (χ4n) is 1.70. The highest BCUT2D eigenvalue weighted by Crippen LogP contribution is 2.10.